The Morgan fingerprint density at radius 3 is 2.50 bits per heavy atom. The van der Waals surface area contributed by atoms with Crippen LogP contribution in [0.1, 0.15) is 12.5 Å². The molecule has 0 radical (unpaired) electrons. The third kappa shape index (κ3) is 4.81. The number of nitrogens with one attached hydrogen (secondary N) is 1. The largest absolute Gasteiger partial charge is 0.325 e. The maximum absolute atomic E-state index is 11.8. The van der Waals surface area contributed by atoms with E-state index in [4.69, 9.17) is 0 Å². The first-order valence-electron chi connectivity index (χ1n) is 6.13. The van der Waals surface area contributed by atoms with E-state index in [0.717, 1.165) is 20.1 Å². The Morgan fingerprint density at radius 1 is 1.20 bits per heavy atom. The van der Waals surface area contributed by atoms with E-state index in [1.54, 1.807) is 11.8 Å². The fourth-order valence-electron chi connectivity index (χ4n) is 1.40. The molecule has 0 saturated heterocycles. The molecule has 0 aliphatic heterocycles. The molecule has 0 aliphatic carbocycles. The van der Waals surface area contributed by atoms with Crippen molar-refractivity contribution >= 4 is 46.5 Å². The van der Waals surface area contributed by atoms with Crippen LogP contribution in [-0.4, -0.2) is 27.6 Å². The Labute approximate surface area is 130 Å². The fourth-order valence-corrected chi connectivity index (χ4v) is 4.12. The molecule has 1 heterocycles. The summed E-state index contributed by atoms with van der Waals surface area (Å²) in [5, 5.41) is 11.0. The number of rotatable bonds is 6. The number of amides is 1. The van der Waals surface area contributed by atoms with Crippen molar-refractivity contribution in [1.29, 1.82) is 0 Å². The van der Waals surface area contributed by atoms with Crippen molar-refractivity contribution < 1.29 is 4.79 Å². The third-order valence-electron chi connectivity index (χ3n) is 2.32. The molecule has 0 spiro atoms. The predicted molar refractivity (Wildman–Crippen MR) is 86.8 cm³/mol. The van der Waals surface area contributed by atoms with Crippen LogP contribution in [0.15, 0.2) is 32.9 Å². The Hall–Kier alpha value is -1.05. The van der Waals surface area contributed by atoms with Crippen LogP contribution in [0.4, 0.5) is 5.69 Å². The highest BCUT2D eigenvalue weighted by atomic mass is 32.2. The minimum absolute atomic E-state index is 0.0289. The molecule has 0 fully saturated rings. The molecule has 4 nitrogen and oxygen atoms in total. The highest BCUT2D eigenvalue weighted by molar-refractivity contribution is 8.03. The molecule has 0 atom stereocenters. The van der Waals surface area contributed by atoms with Crippen LogP contribution in [0.5, 0.6) is 0 Å². The van der Waals surface area contributed by atoms with Gasteiger partial charge >= 0.3 is 0 Å². The number of aromatic nitrogens is 2. The monoisotopic (exact) mass is 325 g/mol. The molecule has 106 valence electrons. The molecular formula is C13H15N3OS3. The van der Waals surface area contributed by atoms with E-state index in [9.17, 15) is 4.79 Å². The van der Waals surface area contributed by atoms with Gasteiger partial charge < -0.3 is 5.32 Å². The van der Waals surface area contributed by atoms with Gasteiger partial charge in [-0.25, -0.2) is 0 Å². The Morgan fingerprint density at radius 2 is 1.85 bits per heavy atom. The van der Waals surface area contributed by atoms with Crippen LogP contribution in [0, 0.1) is 6.92 Å². The molecule has 1 aromatic heterocycles. The summed E-state index contributed by atoms with van der Waals surface area (Å²) in [7, 11) is 0. The minimum atomic E-state index is -0.0289. The second-order valence-corrected chi connectivity index (χ2v) is 7.68. The zero-order valence-electron chi connectivity index (χ0n) is 11.3. The Kier molecular flexibility index (Phi) is 5.87. The fraction of sp³-hybridized carbons (Fsp3) is 0.308. The molecular weight excluding hydrogens is 310 g/mol. The molecule has 0 unspecified atom stereocenters. The average Bonchev–Trinajstić information content (AvgIpc) is 2.87. The van der Waals surface area contributed by atoms with Crippen LogP contribution in [0.3, 0.4) is 0 Å². The number of carbonyl (C=O) groups excluding carboxylic acids is 1. The normalized spacial score (nSPS) is 10.5. The second-order valence-electron chi connectivity index (χ2n) is 3.97. The van der Waals surface area contributed by atoms with Gasteiger partial charge in [-0.2, -0.15) is 0 Å². The Balaban J connectivity index is 1.80. The molecule has 7 heteroatoms. The van der Waals surface area contributed by atoms with E-state index >= 15 is 0 Å². The van der Waals surface area contributed by atoms with Crippen molar-refractivity contribution in [3.05, 3.63) is 29.8 Å². The quantitative estimate of drug-likeness (QED) is 0.821. The zero-order chi connectivity index (χ0) is 14.4. The highest BCUT2D eigenvalue weighted by Crippen LogP contribution is 2.28. The maximum Gasteiger partial charge on any atom is 0.234 e. The first-order valence-corrected chi connectivity index (χ1v) is 8.91. The molecule has 0 aliphatic rings. The molecule has 0 saturated carbocycles. The van der Waals surface area contributed by atoms with Gasteiger partial charge in [0.1, 0.15) is 0 Å². The van der Waals surface area contributed by atoms with Crippen molar-refractivity contribution in [3.63, 3.8) is 0 Å². The number of aryl methyl sites for hydroxylation is 1. The summed E-state index contributed by atoms with van der Waals surface area (Å²) < 4.78 is 1.79. The van der Waals surface area contributed by atoms with Gasteiger partial charge in [-0.1, -0.05) is 59.5 Å². The smallest absolute Gasteiger partial charge is 0.234 e. The minimum Gasteiger partial charge on any atom is -0.325 e. The van der Waals surface area contributed by atoms with Gasteiger partial charge in [0.2, 0.25) is 5.91 Å². The van der Waals surface area contributed by atoms with Gasteiger partial charge in [-0.15, -0.1) is 10.2 Å². The van der Waals surface area contributed by atoms with Crippen LogP contribution in [0.2, 0.25) is 0 Å². The van der Waals surface area contributed by atoms with Gasteiger partial charge in [-0.05, 0) is 24.8 Å². The summed E-state index contributed by atoms with van der Waals surface area (Å²) in [4.78, 5) is 11.8. The van der Waals surface area contributed by atoms with Gasteiger partial charge in [0.15, 0.2) is 8.68 Å². The summed E-state index contributed by atoms with van der Waals surface area (Å²) in [6.07, 6.45) is 0. The van der Waals surface area contributed by atoms with Crippen LogP contribution in [-0.2, 0) is 4.79 Å². The number of thioether (sulfide) groups is 2. The summed E-state index contributed by atoms with van der Waals surface area (Å²) in [5.41, 5.74) is 1.99. The standard InChI is InChI=1S/C13H15N3OS3/c1-3-18-12-15-16-13(20-12)19-8-11(17)14-10-6-4-9(2)5-7-10/h4-7H,3,8H2,1-2H3,(H,14,17). The van der Waals surface area contributed by atoms with E-state index in [1.165, 1.54) is 28.7 Å². The van der Waals surface area contributed by atoms with E-state index in [2.05, 4.69) is 22.4 Å². The number of benzene rings is 1. The molecule has 0 bridgehead atoms. The number of carbonyl (C=O) groups is 1. The highest BCUT2D eigenvalue weighted by Gasteiger charge is 2.08. The first kappa shape index (κ1) is 15.3. The third-order valence-corrected chi connectivity index (χ3v) is 5.39. The lowest BCUT2D eigenvalue weighted by Gasteiger charge is -2.04. The van der Waals surface area contributed by atoms with Crippen molar-refractivity contribution in [3.8, 4) is 0 Å². The average molecular weight is 325 g/mol. The molecule has 1 aromatic carbocycles. The van der Waals surface area contributed by atoms with Crippen LogP contribution < -0.4 is 5.32 Å². The second kappa shape index (κ2) is 7.66. The number of anilines is 1. The lowest BCUT2D eigenvalue weighted by Crippen LogP contribution is -2.13. The number of hydrogen-bond acceptors (Lipinski definition) is 6. The number of hydrogen-bond donors (Lipinski definition) is 1. The van der Waals surface area contributed by atoms with Crippen LogP contribution in [0.25, 0.3) is 0 Å². The Bertz CT molecular complexity index is 568. The summed E-state index contributed by atoms with van der Waals surface area (Å²) in [6, 6.07) is 7.75. The zero-order valence-corrected chi connectivity index (χ0v) is 13.7. The molecule has 1 amide bonds. The van der Waals surface area contributed by atoms with Crippen molar-refractivity contribution in [1.82, 2.24) is 10.2 Å². The van der Waals surface area contributed by atoms with Gasteiger partial charge in [0, 0.05) is 5.69 Å². The van der Waals surface area contributed by atoms with E-state index < -0.39 is 0 Å². The number of nitrogens with zero attached hydrogens (tertiary/aromatic N) is 2. The first-order chi connectivity index (χ1) is 9.67. The summed E-state index contributed by atoms with van der Waals surface area (Å²) in [5.74, 6) is 1.30. The van der Waals surface area contributed by atoms with Gasteiger partial charge in [0.25, 0.3) is 0 Å². The van der Waals surface area contributed by atoms with E-state index in [1.807, 2.05) is 31.2 Å². The summed E-state index contributed by atoms with van der Waals surface area (Å²) >= 11 is 4.61. The van der Waals surface area contributed by atoms with E-state index in [0.29, 0.717) is 5.75 Å². The maximum atomic E-state index is 11.8. The van der Waals surface area contributed by atoms with Crippen molar-refractivity contribution in [2.75, 3.05) is 16.8 Å². The van der Waals surface area contributed by atoms with E-state index in [-0.39, 0.29) is 5.91 Å². The molecule has 1 N–H and O–H groups in total. The molecule has 2 rings (SSSR count). The van der Waals surface area contributed by atoms with Crippen molar-refractivity contribution in [2.45, 2.75) is 22.5 Å². The molecule has 2 aromatic rings. The predicted octanol–water partition coefficient (Wildman–Crippen LogP) is 3.69. The van der Waals surface area contributed by atoms with Gasteiger partial charge in [0.05, 0.1) is 5.75 Å². The SMILES string of the molecule is CCSc1nnc(SCC(=O)Nc2ccc(C)cc2)s1. The summed E-state index contributed by atoms with van der Waals surface area (Å²) in [6.45, 7) is 4.09. The van der Waals surface area contributed by atoms with Crippen molar-refractivity contribution in [2.24, 2.45) is 0 Å². The topological polar surface area (TPSA) is 54.9 Å². The lowest BCUT2D eigenvalue weighted by atomic mass is 10.2. The van der Waals surface area contributed by atoms with Crippen LogP contribution >= 0.6 is 34.9 Å². The molecule has 20 heavy (non-hydrogen) atoms. The lowest BCUT2D eigenvalue weighted by molar-refractivity contribution is -0.113. The van der Waals surface area contributed by atoms with Gasteiger partial charge in [-0.3, -0.25) is 4.79 Å².